The molecule has 0 bridgehead atoms. The van der Waals surface area contributed by atoms with E-state index in [2.05, 4.69) is 5.32 Å². The third-order valence-electron chi connectivity index (χ3n) is 2.45. The van der Waals surface area contributed by atoms with E-state index in [9.17, 15) is 8.42 Å². The Hall–Kier alpha value is -0.130. The first kappa shape index (κ1) is 14.9. The summed E-state index contributed by atoms with van der Waals surface area (Å²) in [6, 6.07) is 0. The molecule has 0 heterocycles. The standard InChI is InChI=1S/C10H23NO3S/c1-9(2)15(13,14)8-6-11-10(3,4)5-7-12/h9,11-12H,5-8H2,1-4H3. The van der Waals surface area contributed by atoms with Crippen molar-refractivity contribution in [1.29, 1.82) is 0 Å². The summed E-state index contributed by atoms with van der Waals surface area (Å²) in [7, 11) is -2.96. The number of aliphatic hydroxyl groups is 1. The minimum Gasteiger partial charge on any atom is -0.396 e. The van der Waals surface area contributed by atoms with Gasteiger partial charge in [-0.25, -0.2) is 8.42 Å². The lowest BCUT2D eigenvalue weighted by atomic mass is 10.0. The van der Waals surface area contributed by atoms with Crippen molar-refractivity contribution in [2.75, 3.05) is 18.9 Å². The third kappa shape index (κ3) is 6.12. The third-order valence-corrected chi connectivity index (χ3v) is 4.65. The molecule has 0 unspecified atom stereocenters. The molecule has 0 aromatic carbocycles. The predicted molar refractivity (Wildman–Crippen MR) is 62.7 cm³/mol. The lowest BCUT2D eigenvalue weighted by molar-refractivity contribution is 0.233. The Morgan fingerprint density at radius 2 is 1.87 bits per heavy atom. The fourth-order valence-electron chi connectivity index (χ4n) is 1.14. The van der Waals surface area contributed by atoms with Gasteiger partial charge >= 0.3 is 0 Å². The Kier molecular flexibility index (Phi) is 5.77. The van der Waals surface area contributed by atoms with Gasteiger partial charge in [-0.05, 0) is 34.1 Å². The number of rotatable bonds is 7. The van der Waals surface area contributed by atoms with Gasteiger partial charge in [0.05, 0.1) is 11.0 Å². The highest BCUT2D eigenvalue weighted by molar-refractivity contribution is 7.92. The molecule has 5 heteroatoms. The fourth-order valence-corrected chi connectivity index (χ4v) is 1.99. The number of hydrogen-bond acceptors (Lipinski definition) is 4. The molecular formula is C10H23NO3S. The van der Waals surface area contributed by atoms with Gasteiger partial charge in [-0.3, -0.25) is 0 Å². The maximum atomic E-state index is 11.5. The molecule has 4 nitrogen and oxygen atoms in total. The summed E-state index contributed by atoms with van der Waals surface area (Å²) in [5.74, 6) is 0.152. The summed E-state index contributed by atoms with van der Waals surface area (Å²) in [6.45, 7) is 7.82. The summed E-state index contributed by atoms with van der Waals surface area (Å²) < 4.78 is 23.0. The maximum Gasteiger partial charge on any atom is 0.153 e. The van der Waals surface area contributed by atoms with Crippen LogP contribution in [0.5, 0.6) is 0 Å². The molecule has 0 radical (unpaired) electrons. The Labute approximate surface area is 93.0 Å². The van der Waals surface area contributed by atoms with E-state index in [1.807, 2.05) is 13.8 Å². The summed E-state index contributed by atoms with van der Waals surface area (Å²) in [6.07, 6.45) is 0.620. The first-order chi connectivity index (χ1) is 6.71. The molecule has 0 spiro atoms. The smallest absolute Gasteiger partial charge is 0.153 e. The molecule has 0 aliphatic rings. The Balaban J connectivity index is 4.00. The van der Waals surface area contributed by atoms with E-state index in [1.54, 1.807) is 13.8 Å². The summed E-state index contributed by atoms with van der Waals surface area (Å²) >= 11 is 0. The second-order valence-electron chi connectivity index (χ2n) is 4.70. The van der Waals surface area contributed by atoms with Crippen LogP contribution in [-0.4, -0.2) is 43.2 Å². The summed E-state index contributed by atoms with van der Waals surface area (Å²) in [4.78, 5) is 0. The van der Waals surface area contributed by atoms with E-state index in [0.29, 0.717) is 13.0 Å². The van der Waals surface area contributed by atoms with Gasteiger partial charge in [-0.2, -0.15) is 0 Å². The monoisotopic (exact) mass is 237 g/mol. The Morgan fingerprint density at radius 1 is 1.33 bits per heavy atom. The lowest BCUT2D eigenvalue weighted by Crippen LogP contribution is -2.43. The fraction of sp³-hybridized carbons (Fsp3) is 1.00. The van der Waals surface area contributed by atoms with Crippen LogP contribution >= 0.6 is 0 Å². The van der Waals surface area contributed by atoms with E-state index in [0.717, 1.165) is 0 Å². The second kappa shape index (κ2) is 5.82. The average molecular weight is 237 g/mol. The average Bonchev–Trinajstić information content (AvgIpc) is 2.02. The van der Waals surface area contributed by atoms with Gasteiger partial charge in [-0.1, -0.05) is 0 Å². The van der Waals surface area contributed by atoms with Gasteiger partial charge in [0.15, 0.2) is 9.84 Å². The zero-order chi connectivity index (χ0) is 12.1. The molecule has 0 aliphatic heterocycles. The lowest BCUT2D eigenvalue weighted by Gasteiger charge is -2.25. The van der Waals surface area contributed by atoms with E-state index < -0.39 is 9.84 Å². The predicted octanol–water partition coefficient (Wildman–Crippen LogP) is 0.560. The Bertz CT molecular complexity index is 270. The van der Waals surface area contributed by atoms with Crippen LogP contribution < -0.4 is 5.32 Å². The topological polar surface area (TPSA) is 66.4 Å². The highest BCUT2D eigenvalue weighted by atomic mass is 32.2. The van der Waals surface area contributed by atoms with Crippen molar-refractivity contribution in [3.8, 4) is 0 Å². The quantitative estimate of drug-likeness (QED) is 0.679. The van der Waals surface area contributed by atoms with Crippen LogP contribution in [0.2, 0.25) is 0 Å². The SMILES string of the molecule is CC(C)S(=O)(=O)CCNC(C)(C)CCO. The maximum absolute atomic E-state index is 11.5. The molecule has 0 aromatic heterocycles. The molecule has 0 rings (SSSR count). The minimum atomic E-state index is -2.96. The number of sulfone groups is 1. The van der Waals surface area contributed by atoms with Crippen LogP contribution in [0.3, 0.4) is 0 Å². The van der Waals surface area contributed by atoms with Crippen LogP contribution in [-0.2, 0) is 9.84 Å². The van der Waals surface area contributed by atoms with Crippen LogP contribution in [0.4, 0.5) is 0 Å². The van der Waals surface area contributed by atoms with Crippen molar-refractivity contribution >= 4 is 9.84 Å². The summed E-state index contributed by atoms with van der Waals surface area (Å²) in [5, 5.41) is 11.6. The molecule has 0 atom stereocenters. The number of nitrogens with one attached hydrogen (secondary N) is 1. The van der Waals surface area contributed by atoms with Crippen molar-refractivity contribution in [2.45, 2.75) is 44.9 Å². The number of hydrogen-bond donors (Lipinski definition) is 2. The number of aliphatic hydroxyl groups excluding tert-OH is 1. The van der Waals surface area contributed by atoms with Crippen molar-refractivity contribution in [3.05, 3.63) is 0 Å². The van der Waals surface area contributed by atoms with E-state index in [1.165, 1.54) is 0 Å². The van der Waals surface area contributed by atoms with Gasteiger partial charge in [0.1, 0.15) is 0 Å². The molecule has 2 N–H and O–H groups in total. The van der Waals surface area contributed by atoms with E-state index >= 15 is 0 Å². The van der Waals surface area contributed by atoms with Crippen LogP contribution in [0.15, 0.2) is 0 Å². The molecule has 0 amide bonds. The van der Waals surface area contributed by atoms with Gasteiger partial charge in [0.2, 0.25) is 0 Å². The molecule has 0 saturated heterocycles. The van der Waals surface area contributed by atoms with Crippen LogP contribution in [0.25, 0.3) is 0 Å². The summed E-state index contributed by atoms with van der Waals surface area (Å²) in [5.41, 5.74) is -0.207. The molecule has 15 heavy (non-hydrogen) atoms. The largest absolute Gasteiger partial charge is 0.396 e. The molecular weight excluding hydrogens is 214 g/mol. The molecule has 0 aromatic rings. The highest BCUT2D eigenvalue weighted by Gasteiger charge is 2.19. The van der Waals surface area contributed by atoms with Gasteiger partial charge < -0.3 is 10.4 Å². The second-order valence-corrected chi connectivity index (χ2v) is 7.38. The zero-order valence-electron chi connectivity index (χ0n) is 10.1. The van der Waals surface area contributed by atoms with Gasteiger partial charge in [-0.15, -0.1) is 0 Å². The van der Waals surface area contributed by atoms with E-state index in [4.69, 9.17) is 5.11 Å². The van der Waals surface area contributed by atoms with Gasteiger partial charge in [0.25, 0.3) is 0 Å². The first-order valence-corrected chi connectivity index (χ1v) is 7.00. The molecule has 92 valence electrons. The van der Waals surface area contributed by atoms with E-state index in [-0.39, 0.29) is 23.1 Å². The molecule has 0 fully saturated rings. The van der Waals surface area contributed by atoms with Crippen LogP contribution in [0.1, 0.15) is 34.1 Å². The molecule has 0 aliphatic carbocycles. The van der Waals surface area contributed by atoms with Crippen LogP contribution in [0, 0.1) is 0 Å². The van der Waals surface area contributed by atoms with Crippen molar-refractivity contribution < 1.29 is 13.5 Å². The minimum absolute atomic E-state index is 0.108. The zero-order valence-corrected chi connectivity index (χ0v) is 10.9. The Morgan fingerprint density at radius 3 is 2.27 bits per heavy atom. The van der Waals surface area contributed by atoms with Crippen molar-refractivity contribution in [2.24, 2.45) is 0 Å². The first-order valence-electron chi connectivity index (χ1n) is 5.29. The normalized spacial score (nSPS) is 13.5. The van der Waals surface area contributed by atoms with Gasteiger partial charge in [0, 0.05) is 18.7 Å². The molecule has 0 saturated carbocycles. The van der Waals surface area contributed by atoms with Crippen molar-refractivity contribution in [1.82, 2.24) is 5.32 Å². The van der Waals surface area contributed by atoms with Crippen molar-refractivity contribution in [3.63, 3.8) is 0 Å². The highest BCUT2D eigenvalue weighted by Crippen LogP contribution is 2.07.